The smallest absolute Gasteiger partial charge is 0.121 e. The fourth-order valence-corrected chi connectivity index (χ4v) is 1.29. The van der Waals surface area contributed by atoms with Crippen LogP contribution in [0.1, 0.15) is 12.8 Å². The summed E-state index contributed by atoms with van der Waals surface area (Å²) in [6.45, 7) is 1.91. The lowest BCUT2D eigenvalue weighted by Crippen LogP contribution is -2.34. The SMILES string of the molecule is N#CC(CO)N1CCCC1. The lowest BCUT2D eigenvalue weighted by Gasteiger charge is -2.18. The molecule has 0 radical (unpaired) electrons. The van der Waals surface area contributed by atoms with Crippen molar-refractivity contribution < 1.29 is 5.11 Å². The molecule has 1 saturated heterocycles. The van der Waals surface area contributed by atoms with Gasteiger partial charge < -0.3 is 5.11 Å². The van der Waals surface area contributed by atoms with Crippen molar-refractivity contribution in [1.29, 1.82) is 5.26 Å². The van der Waals surface area contributed by atoms with Crippen molar-refractivity contribution in [3.8, 4) is 6.07 Å². The van der Waals surface area contributed by atoms with Crippen molar-refractivity contribution in [2.75, 3.05) is 19.7 Å². The molecule has 10 heavy (non-hydrogen) atoms. The zero-order chi connectivity index (χ0) is 7.40. The molecule has 0 bridgehead atoms. The van der Waals surface area contributed by atoms with Gasteiger partial charge in [-0.3, -0.25) is 4.90 Å². The highest BCUT2D eigenvalue weighted by Gasteiger charge is 2.19. The van der Waals surface area contributed by atoms with Gasteiger partial charge in [-0.25, -0.2) is 0 Å². The van der Waals surface area contributed by atoms with Crippen LogP contribution in [0.2, 0.25) is 0 Å². The Kier molecular flexibility index (Phi) is 2.67. The number of hydrogen-bond donors (Lipinski definition) is 1. The second-order valence-electron chi connectivity index (χ2n) is 2.57. The maximum absolute atomic E-state index is 8.72. The first-order valence-electron chi connectivity index (χ1n) is 3.63. The van der Waals surface area contributed by atoms with Crippen LogP contribution in [-0.2, 0) is 0 Å². The molecule has 1 atom stereocenters. The predicted molar refractivity (Wildman–Crippen MR) is 37.3 cm³/mol. The van der Waals surface area contributed by atoms with E-state index in [0.717, 1.165) is 25.9 Å². The van der Waals surface area contributed by atoms with Gasteiger partial charge in [-0.2, -0.15) is 5.26 Å². The van der Waals surface area contributed by atoms with E-state index in [9.17, 15) is 0 Å². The van der Waals surface area contributed by atoms with Gasteiger partial charge in [-0.15, -0.1) is 0 Å². The molecule has 56 valence electrons. The molecular formula is C7H12N2O. The Morgan fingerprint density at radius 3 is 2.50 bits per heavy atom. The molecule has 1 heterocycles. The van der Waals surface area contributed by atoms with Crippen molar-refractivity contribution in [3.05, 3.63) is 0 Å². The van der Waals surface area contributed by atoms with Crippen molar-refractivity contribution in [2.24, 2.45) is 0 Å². The van der Waals surface area contributed by atoms with E-state index < -0.39 is 0 Å². The average molecular weight is 140 g/mol. The second-order valence-corrected chi connectivity index (χ2v) is 2.57. The largest absolute Gasteiger partial charge is 0.394 e. The molecule has 1 unspecified atom stereocenters. The summed E-state index contributed by atoms with van der Waals surface area (Å²) in [6, 6.07) is 1.81. The Balaban J connectivity index is 2.38. The number of likely N-dealkylation sites (tertiary alicyclic amines) is 1. The third kappa shape index (κ3) is 1.47. The molecule has 1 rings (SSSR count). The summed E-state index contributed by atoms with van der Waals surface area (Å²) in [5.41, 5.74) is 0. The topological polar surface area (TPSA) is 47.3 Å². The quantitative estimate of drug-likeness (QED) is 0.585. The fourth-order valence-electron chi connectivity index (χ4n) is 1.29. The molecule has 1 N–H and O–H groups in total. The van der Waals surface area contributed by atoms with Crippen molar-refractivity contribution in [1.82, 2.24) is 4.90 Å². The summed E-state index contributed by atoms with van der Waals surface area (Å²) in [4.78, 5) is 2.03. The fraction of sp³-hybridized carbons (Fsp3) is 0.857. The summed E-state index contributed by atoms with van der Waals surface area (Å²) < 4.78 is 0. The summed E-state index contributed by atoms with van der Waals surface area (Å²) in [6.07, 6.45) is 2.33. The van der Waals surface area contributed by atoms with Crippen LogP contribution in [0, 0.1) is 11.3 Å². The summed E-state index contributed by atoms with van der Waals surface area (Å²) in [5.74, 6) is 0. The average Bonchev–Trinajstić information content (AvgIpc) is 2.43. The molecular weight excluding hydrogens is 128 g/mol. The van der Waals surface area contributed by atoms with Crippen LogP contribution < -0.4 is 0 Å². The van der Waals surface area contributed by atoms with E-state index in [1.807, 2.05) is 4.90 Å². The van der Waals surface area contributed by atoms with Gasteiger partial charge >= 0.3 is 0 Å². The third-order valence-electron chi connectivity index (χ3n) is 1.90. The van der Waals surface area contributed by atoms with E-state index >= 15 is 0 Å². The number of nitriles is 1. The van der Waals surface area contributed by atoms with Crippen LogP contribution in [0.25, 0.3) is 0 Å². The summed E-state index contributed by atoms with van der Waals surface area (Å²) >= 11 is 0. The standard InChI is InChI=1S/C7H12N2O/c8-5-7(6-10)9-3-1-2-4-9/h7,10H,1-4,6H2. The van der Waals surface area contributed by atoms with Crippen LogP contribution in [-0.4, -0.2) is 35.7 Å². The monoisotopic (exact) mass is 140 g/mol. The molecule has 3 heteroatoms. The molecule has 0 aromatic heterocycles. The Morgan fingerprint density at radius 1 is 1.50 bits per heavy atom. The number of rotatable bonds is 2. The highest BCUT2D eigenvalue weighted by atomic mass is 16.3. The number of nitrogens with zero attached hydrogens (tertiary/aromatic N) is 2. The van der Waals surface area contributed by atoms with Gasteiger partial charge in [0.15, 0.2) is 0 Å². The van der Waals surface area contributed by atoms with Gasteiger partial charge in [0.1, 0.15) is 6.04 Å². The van der Waals surface area contributed by atoms with Crippen LogP contribution in [0.5, 0.6) is 0 Å². The van der Waals surface area contributed by atoms with Crippen molar-refractivity contribution in [3.63, 3.8) is 0 Å². The molecule has 0 aromatic rings. The maximum atomic E-state index is 8.72. The second kappa shape index (κ2) is 3.55. The van der Waals surface area contributed by atoms with Crippen molar-refractivity contribution >= 4 is 0 Å². The van der Waals surface area contributed by atoms with Crippen LogP contribution in [0.3, 0.4) is 0 Å². The van der Waals surface area contributed by atoms with Gasteiger partial charge in [0.2, 0.25) is 0 Å². The molecule has 0 spiro atoms. The molecule has 1 aliphatic rings. The van der Waals surface area contributed by atoms with Gasteiger partial charge in [0.05, 0.1) is 12.7 Å². The molecule has 3 nitrogen and oxygen atoms in total. The Bertz CT molecular complexity index is 135. The number of aliphatic hydroxyl groups excluding tert-OH is 1. The van der Waals surface area contributed by atoms with E-state index in [2.05, 4.69) is 6.07 Å². The molecule has 0 aromatic carbocycles. The maximum Gasteiger partial charge on any atom is 0.121 e. The van der Waals surface area contributed by atoms with Gasteiger partial charge in [0.25, 0.3) is 0 Å². The minimum Gasteiger partial charge on any atom is -0.394 e. The van der Waals surface area contributed by atoms with E-state index in [1.54, 1.807) is 0 Å². The predicted octanol–water partition coefficient (Wildman–Crippen LogP) is -0.0333. The van der Waals surface area contributed by atoms with E-state index in [-0.39, 0.29) is 12.6 Å². The normalized spacial score (nSPS) is 22.4. The number of aliphatic hydroxyl groups is 1. The molecule has 1 aliphatic heterocycles. The zero-order valence-corrected chi connectivity index (χ0v) is 5.95. The van der Waals surface area contributed by atoms with Crippen LogP contribution in [0.15, 0.2) is 0 Å². The Morgan fingerprint density at radius 2 is 2.10 bits per heavy atom. The van der Waals surface area contributed by atoms with Gasteiger partial charge in [-0.05, 0) is 25.9 Å². The first-order chi connectivity index (χ1) is 4.88. The van der Waals surface area contributed by atoms with Crippen LogP contribution in [0.4, 0.5) is 0 Å². The number of hydrogen-bond acceptors (Lipinski definition) is 3. The lowest BCUT2D eigenvalue weighted by atomic mass is 10.3. The first-order valence-corrected chi connectivity index (χ1v) is 3.63. The molecule has 0 aliphatic carbocycles. The summed E-state index contributed by atoms with van der Waals surface area (Å²) in [5, 5.41) is 17.3. The zero-order valence-electron chi connectivity index (χ0n) is 5.95. The van der Waals surface area contributed by atoms with Crippen molar-refractivity contribution in [2.45, 2.75) is 18.9 Å². The molecule has 0 saturated carbocycles. The third-order valence-corrected chi connectivity index (χ3v) is 1.90. The van der Waals surface area contributed by atoms with E-state index in [4.69, 9.17) is 10.4 Å². The Labute approximate surface area is 60.9 Å². The Hall–Kier alpha value is -0.590. The molecule has 1 fully saturated rings. The lowest BCUT2D eigenvalue weighted by molar-refractivity contribution is 0.181. The van der Waals surface area contributed by atoms with E-state index in [1.165, 1.54) is 0 Å². The minimum absolute atomic E-state index is 0.0312. The highest BCUT2D eigenvalue weighted by molar-refractivity contribution is 4.92. The van der Waals surface area contributed by atoms with E-state index in [0.29, 0.717) is 0 Å². The van der Waals surface area contributed by atoms with Gasteiger partial charge in [0, 0.05) is 0 Å². The molecule has 0 amide bonds. The first kappa shape index (κ1) is 7.52. The minimum atomic E-state index is -0.262. The van der Waals surface area contributed by atoms with Gasteiger partial charge in [-0.1, -0.05) is 0 Å². The van der Waals surface area contributed by atoms with Crippen LogP contribution >= 0.6 is 0 Å². The highest BCUT2D eigenvalue weighted by Crippen LogP contribution is 2.10. The summed E-state index contributed by atoms with van der Waals surface area (Å²) in [7, 11) is 0.